The fraction of sp³-hybridized carbons (Fsp3) is 0.429. The lowest BCUT2D eigenvalue weighted by Crippen LogP contribution is -2.41. The summed E-state index contributed by atoms with van der Waals surface area (Å²) in [6.07, 6.45) is 0.728. The van der Waals surface area contributed by atoms with Crippen LogP contribution < -0.4 is 0 Å². The van der Waals surface area contributed by atoms with E-state index in [2.05, 4.69) is 4.74 Å². The topological polar surface area (TPSA) is 46.6 Å². The summed E-state index contributed by atoms with van der Waals surface area (Å²) in [7, 11) is 1.28. The first-order valence-electron chi connectivity index (χ1n) is 6.45. The van der Waals surface area contributed by atoms with Crippen LogP contribution in [0.15, 0.2) is 12.1 Å². The lowest BCUT2D eigenvalue weighted by atomic mass is 9.96. The minimum Gasteiger partial charge on any atom is -0.469 e. The van der Waals surface area contributed by atoms with Crippen LogP contribution in [0.2, 0.25) is 0 Å². The van der Waals surface area contributed by atoms with Gasteiger partial charge >= 0.3 is 5.97 Å². The van der Waals surface area contributed by atoms with Crippen LogP contribution in [-0.2, 0) is 9.53 Å². The first-order chi connectivity index (χ1) is 9.93. The van der Waals surface area contributed by atoms with Crippen molar-refractivity contribution in [2.45, 2.75) is 12.8 Å². The van der Waals surface area contributed by atoms with E-state index >= 15 is 0 Å². The van der Waals surface area contributed by atoms with Gasteiger partial charge in [-0.25, -0.2) is 13.2 Å². The number of rotatable bonds is 2. The van der Waals surface area contributed by atoms with Gasteiger partial charge in [0.2, 0.25) is 0 Å². The van der Waals surface area contributed by atoms with Gasteiger partial charge < -0.3 is 9.64 Å². The Bertz CT molecular complexity index is 546. The number of nitrogens with zero attached hydrogens (tertiary/aromatic N) is 1. The van der Waals surface area contributed by atoms with E-state index in [0.29, 0.717) is 25.0 Å². The van der Waals surface area contributed by atoms with Crippen molar-refractivity contribution in [2.75, 3.05) is 20.2 Å². The molecule has 1 aromatic rings. The largest absolute Gasteiger partial charge is 0.469 e. The van der Waals surface area contributed by atoms with Crippen molar-refractivity contribution >= 4 is 11.9 Å². The van der Waals surface area contributed by atoms with Crippen LogP contribution in [0.1, 0.15) is 23.2 Å². The monoisotopic (exact) mass is 301 g/mol. The average molecular weight is 301 g/mol. The second kappa shape index (κ2) is 6.15. The summed E-state index contributed by atoms with van der Waals surface area (Å²) in [5.74, 6) is -5.05. The zero-order chi connectivity index (χ0) is 15.6. The number of benzene rings is 1. The fourth-order valence-electron chi connectivity index (χ4n) is 2.39. The van der Waals surface area contributed by atoms with Crippen molar-refractivity contribution in [3.05, 3.63) is 35.1 Å². The molecule has 0 N–H and O–H groups in total. The molecule has 2 rings (SSSR count). The Morgan fingerprint density at radius 2 is 1.67 bits per heavy atom. The molecule has 114 valence electrons. The molecule has 0 bridgehead atoms. The Kier molecular flexibility index (Phi) is 4.50. The van der Waals surface area contributed by atoms with Crippen LogP contribution in [0.5, 0.6) is 0 Å². The highest BCUT2D eigenvalue weighted by Crippen LogP contribution is 2.22. The van der Waals surface area contributed by atoms with Gasteiger partial charge in [0.25, 0.3) is 5.91 Å². The number of methoxy groups -OCH3 is 1. The second-order valence-corrected chi connectivity index (χ2v) is 4.83. The maximum Gasteiger partial charge on any atom is 0.308 e. The van der Waals surface area contributed by atoms with E-state index in [1.54, 1.807) is 0 Å². The van der Waals surface area contributed by atoms with Gasteiger partial charge in [0.15, 0.2) is 0 Å². The van der Waals surface area contributed by atoms with Gasteiger partial charge in [0.1, 0.15) is 23.0 Å². The quantitative estimate of drug-likeness (QED) is 0.786. The SMILES string of the molecule is COC(=O)C1CCN(C(=O)c2c(F)cc(F)cc2F)CC1. The normalized spacial score (nSPS) is 15.9. The molecule has 1 fully saturated rings. The summed E-state index contributed by atoms with van der Waals surface area (Å²) in [4.78, 5) is 24.7. The van der Waals surface area contributed by atoms with E-state index in [0.717, 1.165) is 0 Å². The summed E-state index contributed by atoms with van der Waals surface area (Å²) >= 11 is 0. The number of carbonyl (C=O) groups is 2. The Hall–Kier alpha value is -2.05. The number of amides is 1. The van der Waals surface area contributed by atoms with Crippen molar-refractivity contribution in [1.29, 1.82) is 0 Å². The second-order valence-electron chi connectivity index (χ2n) is 4.83. The van der Waals surface area contributed by atoms with Gasteiger partial charge in [-0.3, -0.25) is 9.59 Å². The molecular formula is C14H14F3NO3. The number of esters is 1. The Balaban J connectivity index is 2.11. The highest BCUT2D eigenvalue weighted by molar-refractivity contribution is 5.95. The summed E-state index contributed by atoms with van der Waals surface area (Å²) in [6.45, 7) is 0.379. The van der Waals surface area contributed by atoms with Crippen molar-refractivity contribution in [3.63, 3.8) is 0 Å². The van der Waals surface area contributed by atoms with Crippen LogP contribution in [0.3, 0.4) is 0 Å². The van der Waals surface area contributed by atoms with Gasteiger partial charge in [-0.2, -0.15) is 0 Å². The zero-order valence-corrected chi connectivity index (χ0v) is 11.4. The smallest absolute Gasteiger partial charge is 0.308 e. The molecule has 0 aromatic heterocycles. The molecule has 4 nitrogen and oxygen atoms in total. The van der Waals surface area contributed by atoms with Crippen molar-refractivity contribution in [3.8, 4) is 0 Å². The number of ether oxygens (including phenoxy) is 1. The Morgan fingerprint density at radius 1 is 1.14 bits per heavy atom. The van der Waals surface area contributed by atoms with E-state index < -0.39 is 28.9 Å². The molecule has 0 unspecified atom stereocenters. The minimum absolute atomic E-state index is 0.189. The van der Waals surface area contributed by atoms with Gasteiger partial charge in [-0.1, -0.05) is 0 Å². The molecule has 0 aliphatic carbocycles. The maximum atomic E-state index is 13.6. The zero-order valence-electron chi connectivity index (χ0n) is 11.4. The molecule has 1 aromatic carbocycles. The van der Waals surface area contributed by atoms with Crippen LogP contribution in [0.4, 0.5) is 13.2 Å². The first-order valence-corrected chi connectivity index (χ1v) is 6.45. The third kappa shape index (κ3) is 3.17. The van der Waals surface area contributed by atoms with Crippen molar-refractivity contribution < 1.29 is 27.5 Å². The minimum atomic E-state index is -1.23. The average Bonchev–Trinajstić information content (AvgIpc) is 2.45. The molecule has 0 spiro atoms. The first kappa shape index (κ1) is 15.3. The van der Waals surface area contributed by atoms with E-state index in [9.17, 15) is 22.8 Å². The number of piperidine rings is 1. The van der Waals surface area contributed by atoms with Gasteiger partial charge in [0, 0.05) is 25.2 Å². The lowest BCUT2D eigenvalue weighted by Gasteiger charge is -2.30. The third-order valence-electron chi connectivity index (χ3n) is 3.54. The molecule has 0 saturated carbocycles. The van der Waals surface area contributed by atoms with Crippen LogP contribution in [-0.4, -0.2) is 37.0 Å². The summed E-state index contributed by atoms with van der Waals surface area (Å²) in [6, 6.07) is 0.940. The Morgan fingerprint density at radius 3 is 2.14 bits per heavy atom. The highest BCUT2D eigenvalue weighted by Gasteiger charge is 2.30. The molecule has 1 aliphatic rings. The standard InChI is InChI=1S/C14H14F3NO3/c1-21-14(20)8-2-4-18(5-3-8)13(19)12-10(16)6-9(15)7-11(12)17/h6-8H,2-5H2,1H3. The molecule has 1 heterocycles. The predicted octanol–water partition coefficient (Wildman–Crippen LogP) is 2.13. The Labute approximate surface area is 119 Å². The molecule has 0 atom stereocenters. The molecule has 1 aliphatic heterocycles. The molecule has 7 heteroatoms. The van der Waals surface area contributed by atoms with Crippen molar-refractivity contribution in [2.24, 2.45) is 5.92 Å². The summed E-state index contributed by atoms with van der Waals surface area (Å²) in [5, 5.41) is 0. The van der Waals surface area contributed by atoms with Gasteiger partial charge in [0.05, 0.1) is 13.0 Å². The molecular weight excluding hydrogens is 287 g/mol. The van der Waals surface area contributed by atoms with E-state index in [-0.39, 0.29) is 25.0 Å². The van der Waals surface area contributed by atoms with Gasteiger partial charge in [-0.15, -0.1) is 0 Å². The number of halogens is 3. The van der Waals surface area contributed by atoms with Crippen LogP contribution in [0.25, 0.3) is 0 Å². The van der Waals surface area contributed by atoms with E-state index in [1.807, 2.05) is 0 Å². The molecule has 21 heavy (non-hydrogen) atoms. The third-order valence-corrected chi connectivity index (χ3v) is 3.54. The number of carbonyl (C=O) groups excluding carboxylic acids is 2. The fourth-order valence-corrected chi connectivity index (χ4v) is 2.39. The van der Waals surface area contributed by atoms with Crippen LogP contribution >= 0.6 is 0 Å². The van der Waals surface area contributed by atoms with Gasteiger partial charge in [-0.05, 0) is 12.8 Å². The highest BCUT2D eigenvalue weighted by atomic mass is 19.1. The van der Waals surface area contributed by atoms with Crippen LogP contribution in [0, 0.1) is 23.4 Å². The number of likely N-dealkylation sites (tertiary alicyclic amines) is 1. The molecule has 1 saturated heterocycles. The maximum absolute atomic E-state index is 13.6. The van der Waals surface area contributed by atoms with Crippen molar-refractivity contribution in [1.82, 2.24) is 4.90 Å². The van der Waals surface area contributed by atoms with E-state index in [1.165, 1.54) is 12.0 Å². The lowest BCUT2D eigenvalue weighted by molar-refractivity contribution is -0.146. The predicted molar refractivity (Wildman–Crippen MR) is 67.0 cm³/mol. The summed E-state index contributed by atoms with van der Waals surface area (Å²) in [5.41, 5.74) is -0.770. The summed E-state index contributed by atoms with van der Waals surface area (Å²) < 4.78 is 44.6. The van der Waals surface area contributed by atoms with E-state index in [4.69, 9.17) is 0 Å². The molecule has 0 radical (unpaired) electrons. The number of hydrogen-bond acceptors (Lipinski definition) is 3. The molecule has 1 amide bonds. The number of hydrogen-bond donors (Lipinski definition) is 0.